The van der Waals surface area contributed by atoms with Crippen LogP contribution in [0.5, 0.6) is 17.2 Å². The third-order valence-electron chi connectivity index (χ3n) is 7.52. The SMILES string of the molecule is CCCCCOc1ccc(C2/C(=C(/O)c3ccc(OCCC)cc3)C(=O)C(=O)N2c2nnc(SCc3ccc(Cl)cc3Cl)s2)cc1OC. The number of thioether (sulfide) groups is 1. The first-order valence-electron chi connectivity index (χ1n) is 15.5. The molecule has 0 spiro atoms. The molecule has 4 aromatic rings. The van der Waals surface area contributed by atoms with Crippen molar-refractivity contribution >= 4 is 68.9 Å². The summed E-state index contributed by atoms with van der Waals surface area (Å²) in [6.07, 6.45) is 3.84. The summed E-state index contributed by atoms with van der Waals surface area (Å²) in [6, 6.07) is 16.2. The number of amides is 1. The van der Waals surface area contributed by atoms with Crippen molar-refractivity contribution in [3.8, 4) is 17.2 Å². The number of methoxy groups -OCH3 is 1. The predicted octanol–water partition coefficient (Wildman–Crippen LogP) is 9.13. The van der Waals surface area contributed by atoms with Gasteiger partial charge in [0.25, 0.3) is 5.78 Å². The van der Waals surface area contributed by atoms with Gasteiger partial charge in [-0.15, -0.1) is 10.2 Å². The molecule has 5 rings (SSSR count). The smallest absolute Gasteiger partial charge is 0.301 e. The number of rotatable bonds is 15. The fourth-order valence-corrected chi connectivity index (χ4v) is 7.50. The molecule has 1 saturated heterocycles. The van der Waals surface area contributed by atoms with E-state index >= 15 is 0 Å². The van der Waals surface area contributed by atoms with Crippen LogP contribution in [0, 0.1) is 0 Å². The normalized spacial score (nSPS) is 15.6. The van der Waals surface area contributed by atoms with Crippen LogP contribution in [0.15, 0.2) is 70.6 Å². The number of Topliss-reactive ketones (excluding diaryl/α,β-unsaturated/α-hetero) is 1. The van der Waals surface area contributed by atoms with E-state index in [4.69, 9.17) is 37.4 Å². The molecular formula is C35H35Cl2N3O6S2. The van der Waals surface area contributed by atoms with Crippen molar-refractivity contribution < 1.29 is 28.9 Å². The first kappa shape index (κ1) is 35.5. The number of hydrogen-bond acceptors (Lipinski definition) is 10. The van der Waals surface area contributed by atoms with Gasteiger partial charge < -0.3 is 19.3 Å². The minimum atomic E-state index is -1.03. The number of aliphatic hydroxyl groups excluding tert-OH is 1. The Labute approximate surface area is 297 Å². The van der Waals surface area contributed by atoms with E-state index in [1.165, 1.54) is 23.8 Å². The molecule has 0 radical (unpaired) electrons. The van der Waals surface area contributed by atoms with E-state index in [9.17, 15) is 14.7 Å². The lowest BCUT2D eigenvalue weighted by atomic mass is 9.95. The van der Waals surface area contributed by atoms with Crippen molar-refractivity contribution in [2.45, 2.75) is 55.7 Å². The number of halogens is 2. The van der Waals surface area contributed by atoms with Crippen molar-refractivity contribution in [3.63, 3.8) is 0 Å². The summed E-state index contributed by atoms with van der Waals surface area (Å²) in [5, 5.41) is 21.5. The molecule has 1 aliphatic heterocycles. The summed E-state index contributed by atoms with van der Waals surface area (Å²) in [4.78, 5) is 28.8. The zero-order valence-electron chi connectivity index (χ0n) is 26.7. The Morgan fingerprint density at radius 3 is 2.44 bits per heavy atom. The molecule has 1 unspecified atom stereocenters. The number of anilines is 1. The van der Waals surface area contributed by atoms with Crippen LogP contribution in [0.4, 0.5) is 5.13 Å². The number of hydrogen-bond donors (Lipinski definition) is 1. The van der Waals surface area contributed by atoms with Crippen LogP contribution in [0.3, 0.4) is 0 Å². The second-order valence-electron chi connectivity index (χ2n) is 10.9. The lowest BCUT2D eigenvalue weighted by Gasteiger charge is -2.23. The molecule has 1 fully saturated rings. The molecule has 3 aromatic carbocycles. The fourth-order valence-electron chi connectivity index (χ4n) is 5.07. The molecule has 1 aliphatic rings. The van der Waals surface area contributed by atoms with Gasteiger partial charge in [0.1, 0.15) is 11.5 Å². The highest BCUT2D eigenvalue weighted by atomic mass is 35.5. The van der Waals surface area contributed by atoms with E-state index in [1.807, 2.05) is 13.0 Å². The maximum atomic E-state index is 13.8. The van der Waals surface area contributed by atoms with Crippen LogP contribution < -0.4 is 19.1 Å². The van der Waals surface area contributed by atoms with Crippen LogP contribution in [0.25, 0.3) is 5.76 Å². The first-order chi connectivity index (χ1) is 23.2. The van der Waals surface area contributed by atoms with E-state index in [2.05, 4.69) is 17.1 Å². The van der Waals surface area contributed by atoms with Gasteiger partial charge in [-0.2, -0.15) is 0 Å². The molecular weight excluding hydrogens is 693 g/mol. The lowest BCUT2D eigenvalue weighted by Crippen LogP contribution is -2.29. The molecule has 1 atom stereocenters. The number of benzene rings is 3. The third-order valence-corrected chi connectivity index (χ3v) is 10.2. The van der Waals surface area contributed by atoms with E-state index < -0.39 is 17.7 Å². The van der Waals surface area contributed by atoms with Crippen LogP contribution in [-0.4, -0.2) is 47.3 Å². The number of nitrogens with zero attached hydrogens (tertiary/aromatic N) is 3. The summed E-state index contributed by atoms with van der Waals surface area (Å²) in [6.45, 7) is 5.20. The molecule has 1 amide bonds. The Morgan fingerprint density at radius 2 is 1.73 bits per heavy atom. The van der Waals surface area contributed by atoms with Crippen molar-refractivity contribution in [2.24, 2.45) is 0 Å². The maximum Gasteiger partial charge on any atom is 0.301 e. The minimum Gasteiger partial charge on any atom is -0.507 e. The largest absolute Gasteiger partial charge is 0.507 e. The van der Waals surface area contributed by atoms with Gasteiger partial charge >= 0.3 is 5.91 Å². The zero-order valence-corrected chi connectivity index (χ0v) is 29.8. The molecule has 1 aromatic heterocycles. The van der Waals surface area contributed by atoms with Crippen molar-refractivity contribution in [2.75, 3.05) is 25.2 Å². The number of carbonyl (C=O) groups excluding carboxylic acids is 2. The van der Waals surface area contributed by atoms with Crippen LogP contribution in [0.2, 0.25) is 10.0 Å². The van der Waals surface area contributed by atoms with Gasteiger partial charge in [-0.25, -0.2) is 0 Å². The van der Waals surface area contributed by atoms with E-state index in [0.717, 1.165) is 42.6 Å². The number of carbonyl (C=O) groups is 2. The number of ketones is 1. The van der Waals surface area contributed by atoms with Crippen LogP contribution in [-0.2, 0) is 15.3 Å². The Kier molecular flexibility index (Phi) is 12.3. The van der Waals surface area contributed by atoms with Crippen LogP contribution in [0.1, 0.15) is 62.3 Å². The quantitative estimate of drug-likeness (QED) is 0.0320. The summed E-state index contributed by atoms with van der Waals surface area (Å²) >= 11 is 14.9. The van der Waals surface area contributed by atoms with Gasteiger partial charge in [0.05, 0.1) is 31.9 Å². The van der Waals surface area contributed by atoms with Crippen molar-refractivity contribution in [1.29, 1.82) is 0 Å². The standard InChI is InChI=1S/C35H35Cl2N3O6S2/c1-4-6-7-17-46-27-15-11-22(18-28(27)44-3)30-29(31(41)21-9-13-25(14-10-21)45-16-5-2)32(42)33(43)40(30)34-38-39-35(48-34)47-20-23-8-12-24(36)19-26(23)37/h8-15,18-19,30,41H,4-7,16-17,20H2,1-3H3/b31-29-. The summed E-state index contributed by atoms with van der Waals surface area (Å²) < 4.78 is 17.9. The molecule has 252 valence electrons. The molecule has 0 bridgehead atoms. The number of aliphatic hydroxyl groups is 1. The topological polar surface area (TPSA) is 111 Å². The molecule has 0 aliphatic carbocycles. The van der Waals surface area contributed by atoms with Gasteiger partial charge in [0.2, 0.25) is 5.13 Å². The summed E-state index contributed by atoms with van der Waals surface area (Å²) in [5.41, 5.74) is 1.66. The average Bonchev–Trinajstić information content (AvgIpc) is 3.66. The number of ether oxygens (including phenoxy) is 3. The molecule has 0 saturated carbocycles. The predicted molar refractivity (Wildman–Crippen MR) is 191 cm³/mol. The van der Waals surface area contributed by atoms with Crippen molar-refractivity contribution in [3.05, 3.63) is 93.0 Å². The second kappa shape index (κ2) is 16.6. The third kappa shape index (κ3) is 8.08. The summed E-state index contributed by atoms with van der Waals surface area (Å²) in [7, 11) is 1.53. The zero-order chi connectivity index (χ0) is 34.2. The van der Waals surface area contributed by atoms with Gasteiger partial charge in [-0.3, -0.25) is 14.5 Å². The molecule has 13 heteroatoms. The highest BCUT2D eigenvalue weighted by Gasteiger charge is 2.48. The molecule has 2 heterocycles. The Bertz CT molecular complexity index is 1800. The van der Waals surface area contributed by atoms with Crippen LogP contribution >= 0.6 is 46.3 Å². The van der Waals surface area contributed by atoms with E-state index in [0.29, 0.717) is 61.7 Å². The van der Waals surface area contributed by atoms with E-state index in [-0.39, 0.29) is 16.5 Å². The number of aromatic nitrogens is 2. The number of unbranched alkanes of at least 4 members (excludes halogenated alkanes) is 2. The van der Waals surface area contributed by atoms with Gasteiger partial charge in [-0.1, -0.05) is 85.1 Å². The summed E-state index contributed by atoms with van der Waals surface area (Å²) in [5.74, 6) is 0.0770. The second-order valence-corrected chi connectivity index (χ2v) is 13.9. The van der Waals surface area contributed by atoms with Crippen molar-refractivity contribution in [1.82, 2.24) is 10.2 Å². The average molecular weight is 729 g/mol. The molecule has 1 N–H and O–H groups in total. The monoisotopic (exact) mass is 727 g/mol. The fraction of sp³-hybridized carbons (Fsp3) is 0.314. The Morgan fingerprint density at radius 1 is 0.938 bits per heavy atom. The minimum absolute atomic E-state index is 0.0850. The first-order valence-corrected chi connectivity index (χ1v) is 18.1. The molecule has 48 heavy (non-hydrogen) atoms. The van der Waals surface area contributed by atoms with Gasteiger partial charge in [0.15, 0.2) is 15.8 Å². The van der Waals surface area contributed by atoms with Gasteiger partial charge in [0, 0.05) is 21.4 Å². The highest BCUT2D eigenvalue weighted by Crippen LogP contribution is 2.46. The highest BCUT2D eigenvalue weighted by molar-refractivity contribution is 8.00. The Hall–Kier alpha value is -3.77. The maximum absolute atomic E-state index is 13.8. The lowest BCUT2D eigenvalue weighted by molar-refractivity contribution is -0.132. The molecule has 9 nitrogen and oxygen atoms in total. The Balaban J connectivity index is 1.52. The van der Waals surface area contributed by atoms with E-state index in [1.54, 1.807) is 54.6 Å². The van der Waals surface area contributed by atoms with Gasteiger partial charge in [-0.05, 0) is 72.5 Å².